The summed E-state index contributed by atoms with van der Waals surface area (Å²) in [6.07, 6.45) is 1.65. The molecule has 4 nitrogen and oxygen atoms in total. The fourth-order valence-corrected chi connectivity index (χ4v) is 3.05. The van der Waals surface area contributed by atoms with Crippen molar-refractivity contribution >= 4 is 11.6 Å². The summed E-state index contributed by atoms with van der Waals surface area (Å²) in [5.41, 5.74) is 3.96. The van der Waals surface area contributed by atoms with E-state index in [-0.39, 0.29) is 5.91 Å². The van der Waals surface area contributed by atoms with Gasteiger partial charge in [0.2, 0.25) is 5.91 Å². The fraction of sp³-hybridized carbons (Fsp3) is 0.227. The fourth-order valence-electron chi connectivity index (χ4n) is 3.05. The quantitative estimate of drug-likeness (QED) is 0.702. The van der Waals surface area contributed by atoms with Gasteiger partial charge in [-0.15, -0.1) is 0 Å². The molecule has 0 bridgehead atoms. The number of likely N-dealkylation sites (N-methyl/N-ethyl adjacent to an activating group) is 1. The van der Waals surface area contributed by atoms with Gasteiger partial charge in [-0.1, -0.05) is 42.5 Å². The zero-order valence-corrected chi connectivity index (χ0v) is 15.4. The molecule has 3 aromatic rings. The van der Waals surface area contributed by atoms with Crippen LogP contribution in [0.25, 0.3) is 0 Å². The summed E-state index contributed by atoms with van der Waals surface area (Å²) in [6, 6.07) is 19.2. The zero-order valence-electron chi connectivity index (χ0n) is 15.4. The molecule has 0 saturated heterocycles. The van der Waals surface area contributed by atoms with Crippen LogP contribution >= 0.6 is 0 Å². The molecule has 0 radical (unpaired) electrons. The van der Waals surface area contributed by atoms with E-state index in [9.17, 15) is 4.79 Å². The van der Waals surface area contributed by atoms with Crippen molar-refractivity contribution in [2.45, 2.75) is 26.4 Å². The average molecular weight is 348 g/mol. The number of rotatable bonds is 6. The van der Waals surface area contributed by atoms with E-state index in [1.165, 1.54) is 0 Å². The maximum atomic E-state index is 13.2. The van der Waals surface area contributed by atoms with Gasteiger partial charge in [0.05, 0.1) is 12.8 Å². The van der Waals surface area contributed by atoms with E-state index >= 15 is 0 Å². The van der Waals surface area contributed by atoms with Crippen LogP contribution in [0.5, 0.6) is 0 Å². The van der Waals surface area contributed by atoms with Crippen molar-refractivity contribution in [2.75, 3.05) is 12.4 Å². The second-order valence-electron chi connectivity index (χ2n) is 6.62. The van der Waals surface area contributed by atoms with E-state index in [2.05, 4.69) is 5.32 Å². The molecule has 0 spiro atoms. The summed E-state index contributed by atoms with van der Waals surface area (Å²) in [5.74, 6) is 0.770. The first-order valence-corrected chi connectivity index (χ1v) is 8.70. The smallest absolute Gasteiger partial charge is 0.246 e. The molecule has 0 unspecified atom stereocenters. The van der Waals surface area contributed by atoms with Crippen molar-refractivity contribution in [2.24, 2.45) is 0 Å². The number of furan rings is 1. The molecule has 0 aliphatic heterocycles. The predicted molar refractivity (Wildman–Crippen MR) is 104 cm³/mol. The molecular weight excluding hydrogens is 324 g/mol. The standard InChI is InChI=1S/C22H24N2O2/c1-16-11-12-17(2)20(14-16)23-22(25)21(18-8-5-4-6-9-18)24(3)15-19-10-7-13-26-19/h4-14,21H,15H2,1-3H3,(H,23,25)/t21-/m1/s1. The third-order valence-electron chi connectivity index (χ3n) is 4.44. The van der Waals surface area contributed by atoms with Crippen molar-refractivity contribution in [1.82, 2.24) is 4.90 Å². The Bertz CT molecular complexity index is 857. The number of nitrogens with one attached hydrogen (secondary N) is 1. The Kier molecular flexibility index (Phi) is 5.54. The Labute approximate surface area is 154 Å². The third-order valence-corrected chi connectivity index (χ3v) is 4.44. The highest BCUT2D eigenvalue weighted by Crippen LogP contribution is 2.25. The summed E-state index contributed by atoms with van der Waals surface area (Å²) in [7, 11) is 1.93. The topological polar surface area (TPSA) is 45.5 Å². The Hall–Kier alpha value is -2.85. The minimum absolute atomic E-state index is 0.0565. The van der Waals surface area contributed by atoms with Gasteiger partial charge in [0.15, 0.2) is 0 Å². The minimum atomic E-state index is -0.416. The minimum Gasteiger partial charge on any atom is -0.468 e. The van der Waals surface area contributed by atoms with Gasteiger partial charge in [-0.3, -0.25) is 9.69 Å². The van der Waals surface area contributed by atoms with Crippen LogP contribution in [0.1, 0.15) is 28.5 Å². The van der Waals surface area contributed by atoms with Crippen molar-refractivity contribution in [3.63, 3.8) is 0 Å². The molecule has 0 saturated carbocycles. The van der Waals surface area contributed by atoms with Crippen molar-refractivity contribution < 1.29 is 9.21 Å². The summed E-state index contributed by atoms with van der Waals surface area (Å²) in [6.45, 7) is 4.57. The lowest BCUT2D eigenvalue weighted by molar-refractivity contribution is -0.121. The molecule has 0 fully saturated rings. The number of anilines is 1. The maximum Gasteiger partial charge on any atom is 0.246 e. The normalized spacial score (nSPS) is 12.2. The van der Waals surface area contributed by atoms with Crippen molar-refractivity contribution in [3.8, 4) is 0 Å². The monoisotopic (exact) mass is 348 g/mol. The van der Waals surface area contributed by atoms with Gasteiger partial charge in [0.25, 0.3) is 0 Å². The van der Waals surface area contributed by atoms with Crippen LogP contribution in [-0.2, 0) is 11.3 Å². The van der Waals surface area contributed by atoms with Crippen LogP contribution in [0.3, 0.4) is 0 Å². The molecule has 1 amide bonds. The molecule has 4 heteroatoms. The van der Waals surface area contributed by atoms with Crippen LogP contribution in [-0.4, -0.2) is 17.9 Å². The number of amides is 1. The Morgan fingerprint density at radius 1 is 1.08 bits per heavy atom. The first kappa shape index (κ1) is 18.0. The number of nitrogens with zero attached hydrogens (tertiary/aromatic N) is 1. The van der Waals surface area contributed by atoms with Crippen molar-refractivity contribution in [3.05, 3.63) is 89.4 Å². The molecular formula is C22H24N2O2. The number of carbonyl (C=O) groups is 1. The Morgan fingerprint density at radius 2 is 1.85 bits per heavy atom. The van der Waals surface area contributed by atoms with Gasteiger partial charge < -0.3 is 9.73 Å². The number of hydrogen-bond donors (Lipinski definition) is 1. The van der Waals surface area contributed by atoms with Gasteiger partial charge in [0, 0.05) is 5.69 Å². The van der Waals surface area contributed by atoms with E-state index in [0.29, 0.717) is 6.54 Å². The SMILES string of the molecule is Cc1ccc(C)c(NC(=O)[C@@H](c2ccccc2)N(C)Cc2ccco2)c1. The van der Waals surface area contributed by atoms with Gasteiger partial charge in [-0.25, -0.2) is 0 Å². The van der Waals surface area contributed by atoms with Crippen molar-refractivity contribution in [1.29, 1.82) is 0 Å². The van der Waals surface area contributed by atoms with E-state index in [1.807, 2.05) is 86.5 Å². The molecule has 0 aliphatic rings. The van der Waals surface area contributed by atoms with Crippen LogP contribution in [0, 0.1) is 13.8 Å². The number of benzene rings is 2. The summed E-state index contributed by atoms with van der Waals surface area (Å²) >= 11 is 0. The lowest BCUT2D eigenvalue weighted by Crippen LogP contribution is -2.34. The maximum absolute atomic E-state index is 13.2. The third kappa shape index (κ3) is 4.21. The summed E-state index contributed by atoms with van der Waals surface area (Å²) in [4.78, 5) is 15.2. The Morgan fingerprint density at radius 3 is 2.54 bits per heavy atom. The lowest BCUT2D eigenvalue weighted by atomic mass is 10.0. The van der Waals surface area contributed by atoms with Gasteiger partial charge >= 0.3 is 0 Å². The second kappa shape index (κ2) is 8.02. The average Bonchev–Trinajstić information content (AvgIpc) is 3.12. The highest BCUT2D eigenvalue weighted by Gasteiger charge is 2.26. The molecule has 2 aromatic carbocycles. The van der Waals surface area contributed by atoms with E-state index < -0.39 is 6.04 Å². The van der Waals surface area contributed by atoms with Gasteiger partial charge in [-0.05, 0) is 55.8 Å². The largest absolute Gasteiger partial charge is 0.468 e. The zero-order chi connectivity index (χ0) is 18.5. The molecule has 1 N–H and O–H groups in total. The second-order valence-corrected chi connectivity index (χ2v) is 6.62. The van der Waals surface area contributed by atoms with Crippen LogP contribution < -0.4 is 5.32 Å². The van der Waals surface area contributed by atoms with Crippen LogP contribution in [0.15, 0.2) is 71.3 Å². The molecule has 26 heavy (non-hydrogen) atoms. The number of aryl methyl sites for hydroxylation is 2. The first-order valence-electron chi connectivity index (χ1n) is 8.70. The highest BCUT2D eigenvalue weighted by atomic mass is 16.3. The molecule has 0 aliphatic carbocycles. The Balaban J connectivity index is 1.87. The molecule has 3 rings (SSSR count). The first-order chi connectivity index (χ1) is 12.5. The van der Waals surface area contributed by atoms with E-state index in [1.54, 1.807) is 6.26 Å². The van der Waals surface area contributed by atoms with Gasteiger partial charge in [0.1, 0.15) is 11.8 Å². The molecule has 1 atom stereocenters. The van der Waals surface area contributed by atoms with Crippen LogP contribution in [0.2, 0.25) is 0 Å². The summed E-state index contributed by atoms with van der Waals surface area (Å²) in [5, 5.41) is 3.10. The van der Waals surface area contributed by atoms with E-state index in [4.69, 9.17) is 4.42 Å². The molecule has 1 heterocycles. The lowest BCUT2D eigenvalue weighted by Gasteiger charge is -2.27. The predicted octanol–water partition coefficient (Wildman–Crippen LogP) is 4.71. The number of hydrogen-bond acceptors (Lipinski definition) is 3. The highest BCUT2D eigenvalue weighted by molar-refractivity contribution is 5.96. The molecule has 1 aromatic heterocycles. The number of carbonyl (C=O) groups excluding carboxylic acids is 1. The van der Waals surface area contributed by atoms with Crippen LogP contribution in [0.4, 0.5) is 5.69 Å². The van der Waals surface area contributed by atoms with E-state index in [0.717, 1.165) is 28.1 Å². The molecule has 134 valence electrons. The summed E-state index contributed by atoms with van der Waals surface area (Å²) < 4.78 is 5.45. The van der Waals surface area contributed by atoms with Gasteiger partial charge in [-0.2, -0.15) is 0 Å².